The number of hydrogen-bond acceptors (Lipinski definition) is 2. The van der Waals surface area contributed by atoms with Gasteiger partial charge >= 0.3 is 0 Å². The Bertz CT molecular complexity index is 510. The average molecular weight is 269 g/mol. The Morgan fingerprint density at radius 3 is 2.55 bits per heavy atom. The topological polar surface area (TPSA) is 32.3 Å². The zero-order valence-corrected chi connectivity index (χ0v) is 12.0. The largest absolute Gasteiger partial charge is 0.396 e. The van der Waals surface area contributed by atoms with Crippen LogP contribution >= 0.6 is 0 Å². The molecule has 0 spiro atoms. The first kappa shape index (κ1) is 14.8. The van der Waals surface area contributed by atoms with Gasteiger partial charge in [0.2, 0.25) is 0 Å². The zero-order chi connectivity index (χ0) is 14.2. The van der Waals surface area contributed by atoms with E-state index in [1.165, 1.54) is 16.7 Å². The predicted octanol–water partition coefficient (Wildman–Crippen LogP) is 3.60. The van der Waals surface area contributed by atoms with Gasteiger partial charge in [0.15, 0.2) is 0 Å². The van der Waals surface area contributed by atoms with Gasteiger partial charge in [0.05, 0.1) is 0 Å². The Hall–Kier alpha value is -1.64. The van der Waals surface area contributed by atoms with Gasteiger partial charge in [0.1, 0.15) is 0 Å². The molecular formula is C18H23NO. The van der Waals surface area contributed by atoms with Crippen molar-refractivity contribution in [1.82, 2.24) is 5.32 Å². The lowest BCUT2D eigenvalue weighted by Crippen LogP contribution is -2.21. The molecule has 0 amide bonds. The van der Waals surface area contributed by atoms with Gasteiger partial charge in [0, 0.05) is 19.2 Å². The first-order valence-corrected chi connectivity index (χ1v) is 7.24. The summed E-state index contributed by atoms with van der Waals surface area (Å²) in [7, 11) is 0. The first-order valence-electron chi connectivity index (χ1n) is 7.24. The number of aliphatic hydroxyl groups excluding tert-OH is 1. The standard InChI is InChI=1S/C18H23NO/c1-15-7-5-8-16(13-15)14-19-18(11-6-12-20)17-9-3-2-4-10-17/h2-5,7-10,13,18-20H,6,11-12,14H2,1H3. The van der Waals surface area contributed by atoms with Crippen LogP contribution in [0.15, 0.2) is 54.6 Å². The normalized spacial score (nSPS) is 12.3. The number of hydrogen-bond donors (Lipinski definition) is 2. The van der Waals surface area contributed by atoms with Crippen LogP contribution in [-0.4, -0.2) is 11.7 Å². The second kappa shape index (κ2) is 7.83. The Morgan fingerprint density at radius 1 is 1.05 bits per heavy atom. The van der Waals surface area contributed by atoms with Crippen molar-refractivity contribution in [3.05, 3.63) is 71.3 Å². The van der Waals surface area contributed by atoms with E-state index in [1.807, 2.05) is 6.07 Å². The highest BCUT2D eigenvalue weighted by molar-refractivity contribution is 5.23. The third-order valence-electron chi connectivity index (χ3n) is 3.49. The molecule has 2 rings (SSSR count). The third kappa shape index (κ3) is 4.48. The maximum atomic E-state index is 9.06. The molecule has 0 radical (unpaired) electrons. The van der Waals surface area contributed by atoms with Crippen molar-refractivity contribution in [2.75, 3.05) is 6.61 Å². The van der Waals surface area contributed by atoms with E-state index in [4.69, 9.17) is 5.11 Å². The summed E-state index contributed by atoms with van der Waals surface area (Å²) in [5, 5.41) is 12.7. The molecule has 2 aromatic rings. The molecule has 106 valence electrons. The van der Waals surface area contributed by atoms with Gasteiger partial charge < -0.3 is 10.4 Å². The lowest BCUT2D eigenvalue weighted by Gasteiger charge is -2.19. The Balaban J connectivity index is 2.01. The van der Waals surface area contributed by atoms with Crippen LogP contribution in [0.5, 0.6) is 0 Å². The molecule has 2 heteroatoms. The maximum absolute atomic E-state index is 9.06. The second-order valence-electron chi connectivity index (χ2n) is 5.20. The van der Waals surface area contributed by atoms with E-state index in [2.05, 4.69) is 60.8 Å². The van der Waals surface area contributed by atoms with Gasteiger partial charge in [-0.25, -0.2) is 0 Å². The summed E-state index contributed by atoms with van der Waals surface area (Å²) in [6.45, 7) is 3.21. The quantitative estimate of drug-likeness (QED) is 0.805. The summed E-state index contributed by atoms with van der Waals surface area (Å²) < 4.78 is 0. The van der Waals surface area contributed by atoms with Crippen molar-refractivity contribution in [3.8, 4) is 0 Å². The minimum atomic E-state index is 0.245. The van der Waals surface area contributed by atoms with Gasteiger partial charge in [-0.15, -0.1) is 0 Å². The van der Waals surface area contributed by atoms with Gasteiger partial charge in [0.25, 0.3) is 0 Å². The summed E-state index contributed by atoms with van der Waals surface area (Å²) in [6.07, 6.45) is 1.77. The fourth-order valence-electron chi connectivity index (χ4n) is 2.43. The summed E-state index contributed by atoms with van der Waals surface area (Å²) in [6, 6.07) is 19.3. The van der Waals surface area contributed by atoms with Crippen molar-refractivity contribution in [2.45, 2.75) is 32.4 Å². The molecular weight excluding hydrogens is 246 g/mol. The molecule has 2 aromatic carbocycles. The molecule has 0 aliphatic rings. The lowest BCUT2D eigenvalue weighted by molar-refractivity contribution is 0.275. The zero-order valence-electron chi connectivity index (χ0n) is 12.0. The van der Waals surface area contributed by atoms with E-state index in [0.717, 1.165) is 19.4 Å². The van der Waals surface area contributed by atoms with Gasteiger partial charge in [-0.2, -0.15) is 0 Å². The van der Waals surface area contributed by atoms with Crippen LogP contribution in [0, 0.1) is 6.92 Å². The van der Waals surface area contributed by atoms with E-state index in [1.54, 1.807) is 0 Å². The second-order valence-corrected chi connectivity index (χ2v) is 5.20. The highest BCUT2D eigenvalue weighted by Crippen LogP contribution is 2.19. The molecule has 0 aliphatic heterocycles. The molecule has 1 unspecified atom stereocenters. The lowest BCUT2D eigenvalue weighted by atomic mass is 10.0. The molecule has 2 N–H and O–H groups in total. The number of aliphatic hydroxyl groups is 1. The van der Waals surface area contributed by atoms with Gasteiger partial charge in [-0.05, 0) is 30.9 Å². The minimum Gasteiger partial charge on any atom is -0.396 e. The SMILES string of the molecule is Cc1cccc(CNC(CCCO)c2ccccc2)c1. The van der Waals surface area contributed by atoms with E-state index in [9.17, 15) is 0 Å². The molecule has 20 heavy (non-hydrogen) atoms. The van der Waals surface area contributed by atoms with Crippen LogP contribution < -0.4 is 5.32 Å². The highest BCUT2D eigenvalue weighted by atomic mass is 16.2. The van der Waals surface area contributed by atoms with E-state index < -0.39 is 0 Å². The van der Waals surface area contributed by atoms with Crippen molar-refractivity contribution in [3.63, 3.8) is 0 Å². The molecule has 0 saturated carbocycles. The van der Waals surface area contributed by atoms with E-state index in [-0.39, 0.29) is 6.61 Å². The Labute approximate surface area is 121 Å². The smallest absolute Gasteiger partial charge is 0.0431 e. The molecule has 0 heterocycles. The molecule has 0 aromatic heterocycles. The van der Waals surface area contributed by atoms with Crippen LogP contribution in [0.1, 0.15) is 35.6 Å². The van der Waals surface area contributed by atoms with Gasteiger partial charge in [-0.1, -0.05) is 60.2 Å². The Kier molecular flexibility index (Phi) is 5.78. The van der Waals surface area contributed by atoms with Crippen molar-refractivity contribution in [1.29, 1.82) is 0 Å². The number of rotatable bonds is 7. The predicted molar refractivity (Wildman–Crippen MR) is 83.5 cm³/mol. The molecule has 0 aliphatic carbocycles. The maximum Gasteiger partial charge on any atom is 0.0431 e. The molecule has 0 bridgehead atoms. The summed E-state index contributed by atoms with van der Waals surface area (Å²) >= 11 is 0. The monoisotopic (exact) mass is 269 g/mol. The van der Waals surface area contributed by atoms with Gasteiger partial charge in [-0.3, -0.25) is 0 Å². The minimum absolute atomic E-state index is 0.245. The summed E-state index contributed by atoms with van der Waals surface area (Å²) in [5.41, 5.74) is 3.87. The van der Waals surface area contributed by atoms with E-state index >= 15 is 0 Å². The number of nitrogens with one attached hydrogen (secondary N) is 1. The highest BCUT2D eigenvalue weighted by Gasteiger charge is 2.10. The average Bonchev–Trinajstić information content (AvgIpc) is 2.48. The molecule has 2 nitrogen and oxygen atoms in total. The Morgan fingerprint density at radius 2 is 1.85 bits per heavy atom. The fraction of sp³-hybridized carbons (Fsp3) is 0.333. The fourth-order valence-corrected chi connectivity index (χ4v) is 2.43. The molecule has 0 fully saturated rings. The summed E-state index contributed by atoms with van der Waals surface area (Å²) in [4.78, 5) is 0. The van der Waals surface area contributed by atoms with Crippen LogP contribution in [0.4, 0.5) is 0 Å². The van der Waals surface area contributed by atoms with E-state index in [0.29, 0.717) is 6.04 Å². The van der Waals surface area contributed by atoms with Crippen LogP contribution in [0.25, 0.3) is 0 Å². The van der Waals surface area contributed by atoms with Crippen LogP contribution in [0.3, 0.4) is 0 Å². The first-order chi connectivity index (χ1) is 9.79. The summed E-state index contributed by atoms with van der Waals surface area (Å²) in [5.74, 6) is 0. The number of aryl methyl sites for hydroxylation is 1. The third-order valence-corrected chi connectivity index (χ3v) is 3.49. The van der Waals surface area contributed by atoms with Crippen LogP contribution in [0.2, 0.25) is 0 Å². The molecule has 0 saturated heterocycles. The van der Waals surface area contributed by atoms with Crippen molar-refractivity contribution >= 4 is 0 Å². The van der Waals surface area contributed by atoms with Crippen molar-refractivity contribution in [2.24, 2.45) is 0 Å². The number of benzene rings is 2. The van der Waals surface area contributed by atoms with Crippen LogP contribution in [-0.2, 0) is 6.54 Å². The van der Waals surface area contributed by atoms with Crippen molar-refractivity contribution < 1.29 is 5.11 Å². The molecule has 1 atom stereocenters.